The molecule has 0 spiro atoms. The van der Waals surface area contributed by atoms with Crippen molar-refractivity contribution in [3.63, 3.8) is 0 Å². The van der Waals surface area contributed by atoms with E-state index in [9.17, 15) is 4.79 Å². The third-order valence-corrected chi connectivity index (χ3v) is 4.57. The molecule has 3 rings (SSSR count). The van der Waals surface area contributed by atoms with E-state index in [1.807, 2.05) is 0 Å². The maximum absolute atomic E-state index is 12.1. The Labute approximate surface area is 162 Å². The molecule has 0 aliphatic carbocycles. The Balaban J connectivity index is 0.00000156. The molecule has 2 aliphatic heterocycles. The van der Waals surface area contributed by atoms with Crippen LogP contribution in [-0.2, 0) is 22.6 Å². The minimum absolute atomic E-state index is 0. The van der Waals surface area contributed by atoms with Gasteiger partial charge in [-0.05, 0) is 37.4 Å². The van der Waals surface area contributed by atoms with Crippen molar-refractivity contribution < 1.29 is 9.53 Å². The standard InChI is InChI=1S/C18H27N3O2.2ClH/c1-14-12-21(8-9-23-14)13-16-5-2-4-15(10-16)11-20-18(22)17-6-3-7-19-17;;/h2,4-5,10,14,17,19H,3,6-9,11-13H2,1H3,(H,20,22);2*1H. The molecule has 0 aromatic heterocycles. The van der Waals surface area contributed by atoms with Crippen molar-refractivity contribution in [2.45, 2.75) is 45.0 Å². The second kappa shape index (κ2) is 11.0. The van der Waals surface area contributed by atoms with Crippen molar-refractivity contribution in [3.8, 4) is 0 Å². The lowest BCUT2D eigenvalue weighted by Gasteiger charge is -2.31. The minimum Gasteiger partial charge on any atom is -0.376 e. The number of benzene rings is 1. The summed E-state index contributed by atoms with van der Waals surface area (Å²) in [5.74, 6) is 0.120. The number of rotatable bonds is 5. The van der Waals surface area contributed by atoms with Crippen LogP contribution < -0.4 is 10.6 Å². The van der Waals surface area contributed by atoms with Crippen LogP contribution >= 0.6 is 24.8 Å². The van der Waals surface area contributed by atoms with Gasteiger partial charge < -0.3 is 15.4 Å². The second-order valence-corrected chi connectivity index (χ2v) is 6.60. The van der Waals surface area contributed by atoms with Crippen LogP contribution in [0.25, 0.3) is 0 Å². The third-order valence-electron chi connectivity index (χ3n) is 4.57. The maximum atomic E-state index is 12.1. The van der Waals surface area contributed by atoms with Crippen molar-refractivity contribution in [1.29, 1.82) is 0 Å². The van der Waals surface area contributed by atoms with Crippen LogP contribution in [0.2, 0.25) is 0 Å². The van der Waals surface area contributed by atoms with Crippen LogP contribution in [0.1, 0.15) is 30.9 Å². The van der Waals surface area contributed by atoms with E-state index in [2.05, 4.69) is 46.7 Å². The van der Waals surface area contributed by atoms with E-state index in [0.29, 0.717) is 12.6 Å². The summed E-state index contributed by atoms with van der Waals surface area (Å²) in [5, 5.41) is 6.28. The molecule has 1 aromatic carbocycles. The normalized spacial score (nSPS) is 23.4. The summed E-state index contributed by atoms with van der Waals surface area (Å²) in [5.41, 5.74) is 2.46. The number of halogens is 2. The Kier molecular flexibility index (Phi) is 9.75. The predicted molar refractivity (Wildman–Crippen MR) is 105 cm³/mol. The molecular formula is C18H29Cl2N3O2. The Hall–Kier alpha value is -0.850. The van der Waals surface area contributed by atoms with Crippen molar-refractivity contribution in [1.82, 2.24) is 15.5 Å². The SMILES string of the molecule is CC1CN(Cc2cccc(CNC(=O)C3CCCN3)c2)CCO1.Cl.Cl. The number of carbonyl (C=O) groups excluding carboxylic acids is 1. The van der Waals surface area contributed by atoms with E-state index >= 15 is 0 Å². The average molecular weight is 390 g/mol. The third kappa shape index (κ3) is 6.76. The maximum Gasteiger partial charge on any atom is 0.237 e. The molecule has 0 bridgehead atoms. The van der Waals surface area contributed by atoms with Gasteiger partial charge in [0.2, 0.25) is 5.91 Å². The monoisotopic (exact) mass is 389 g/mol. The molecule has 142 valence electrons. The van der Waals surface area contributed by atoms with Gasteiger partial charge in [-0.15, -0.1) is 24.8 Å². The Morgan fingerprint density at radius 3 is 2.88 bits per heavy atom. The number of nitrogens with one attached hydrogen (secondary N) is 2. The minimum atomic E-state index is -0.00646. The fraction of sp³-hybridized carbons (Fsp3) is 0.611. The van der Waals surface area contributed by atoms with E-state index < -0.39 is 0 Å². The second-order valence-electron chi connectivity index (χ2n) is 6.60. The number of nitrogens with zero attached hydrogens (tertiary/aromatic N) is 1. The summed E-state index contributed by atoms with van der Waals surface area (Å²) < 4.78 is 5.59. The number of morpholine rings is 1. The van der Waals surface area contributed by atoms with Crippen LogP contribution in [0.3, 0.4) is 0 Å². The lowest BCUT2D eigenvalue weighted by molar-refractivity contribution is -0.122. The molecule has 2 aliphatic rings. The average Bonchev–Trinajstić information content (AvgIpc) is 3.07. The molecule has 2 N–H and O–H groups in total. The largest absolute Gasteiger partial charge is 0.376 e. The molecule has 7 heteroatoms. The summed E-state index contributed by atoms with van der Waals surface area (Å²) in [6, 6.07) is 8.50. The zero-order valence-corrected chi connectivity index (χ0v) is 16.3. The first-order chi connectivity index (χ1) is 11.2. The molecule has 2 unspecified atom stereocenters. The van der Waals surface area contributed by atoms with Crippen LogP contribution in [-0.4, -0.2) is 49.2 Å². The fourth-order valence-electron chi connectivity index (χ4n) is 3.35. The van der Waals surface area contributed by atoms with E-state index in [4.69, 9.17) is 4.74 Å². The van der Waals surface area contributed by atoms with Crippen molar-refractivity contribution >= 4 is 30.7 Å². The van der Waals surface area contributed by atoms with Crippen LogP contribution in [0, 0.1) is 0 Å². The lowest BCUT2D eigenvalue weighted by Crippen LogP contribution is -2.40. The van der Waals surface area contributed by atoms with Gasteiger partial charge in [-0.25, -0.2) is 0 Å². The molecule has 1 aromatic rings. The fourth-order valence-corrected chi connectivity index (χ4v) is 3.35. The van der Waals surface area contributed by atoms with E-state index in [1.165, 1.54) is 5.56 Å². The molecule has 25 heavy (non-hydrogen) atoms. The molecule has 2 heterocycles. The zero-order valence-electron chi connectivity index (χ0n) is 14.7. The van der Waals surface area contributed by atoms with Gasteiger partial charge >= 0.3 is 0 Å². The Morgan fingerprint density at radius 2 is 2.16 bits per heavy atom. The van der Waals surface area contributed by atoms with Crippen molar-refractivity contribution in [3.05, 3.63) is 35.4 Å². The number of hydrogen-bond acceptors (Lipinski definition) is 4. The molecular weight excluding hydrogens is 361 g/mol. The number of carbonyl (C=O) groups is 1. The summed E-state index contributed by atoms with van der Waals surface area (Å²) in [7, 11) is 0. The molecule has 2 atom stereocenters. The van der Waals surface area contributed by atoms with E-state index in [-0.39, 0.29) is 36.8 Å². The molecule has 2 saturated heterocycles. The van der Waals surface area contributed by atoms with Gasteiger partial charge in [-0.3, -0.25) is 9.69 Å². The highest BCUT2D eigenvalue weighted by molar-refractivity contribution is 5.85. The molecule has 2 fully saturated rings. The van der Waals surface area contributed by atoms with Gasteiger partial charge in [-0.2, -0.15) is 0 Å². The highest BCUT2D eigenvalue weighted by Gasteiger charge is 2.21. The quantitative estimate of drug-likeness (QED) is 0.809. The van der Waals surface area contributed by atoms with Gasteiger partial charge in [0, 0.05) is 26.2 Å². The number of hydrogen-bond donors (Lipinski definition) is 2. The van der Waals surface area contributed by atoms with Crippen molar-refractivity contribution in [2.75, 3.05) is 26.2 Å². The van der Waals surface area contributed by atoms with Gasteiger partial charge in [0.15, 0.2) is 0 Å². The summed E-state index contributed by atoms with van der Waals surface area (Å²) >= 11 is 0. The molecule has 1 amide bonds. The van der Waals surface area contributed by atoms with Crippen molar-refractivity contribution in [2.24, 2.45) is 0 Å². The molecule has 0 radical (unpaired) electrons. The Morgan fingerprint density at radius 1 is 1.36 bits per heavy atom. The van der Waals surface area contributed by atoms with Crippen LogP contribution in [0.4, 0.5) is 0 Å². The predicted octanol–water partition coefficient (Wildman–Crippen LogP) is 2.12. The van der Waals surface area contributed by atoms with Crippen LogP contribution in [0.5, 0.6) is 0 Å². The number of ether oxygens (including phenoxy) is 1. The summed E-state index contributed by atoms with van der Waals surface area (Å²) in [6.45, 7) is 7.39. The van der Waals surface area contributed by atoms with Gasteiger partial charge in [0.1, 0.15) is 0 Å². The molecule has 5 nitrogen and oxygen atoms in total. The molecule has 0 saturated carbocycles. The topological polar surface area (TPSA) is 53.6 Å². The zero-order chi connectivity index (χ0) is 16.1. The first-order valence-electron chi connectivity index (χ1n) is 8.63. The van der Waals surface area contributed by atoms with E-state index in [0.717, 1.165) is 51.2 Å². The Bertz CT molecular complexity index is 539. The van der Waals surface area contributed by atoms with Gasteiger partial charge in [-0.1, -0.05) is 24.3 Å². The first kappa shape index (κ1) is 22.2. The van der Waals surface area contributed by atoms with Gasteiger partial charge in [0.25, 0.3) is 0 Å². The first-order valence-corrected chi connectivity index (χ1v) is 8.63. The lowest BCUT2D eigenvalue weighted by atomic mass is 10.1. The highest BCUT2D eigenvalue weighted by atomic mass is 35.5. The number of amides is 1. The highest BCUT2D eigenvalue weighted by Crippen LogP contribution is 2.12. The summed E-state index contributed by atoms with van der Waals surface area (Å²) in [4.78, 5) is 14.5. The van der Waals surface area contributed by atoms with Gasteiger partial charge in [0.05, 0.1) is 18.8 Å². The van der Waals surface area contributed by atoms with Crippen LogP contribution in [0.15, 0.2) is 24.3 Å². The smallest absolute Gasteiger partial charge is 0.237 e. The van der Waals surface area contributed by atoms with E-state index in [1.54, 1.807) is 0 Å². The summed E-state index contributed by atoms with van der Waals surface area (Å²) in [6.07, 6.45) is 2.34.